The minimum Gasteiger partial charge on any atom is -0.350 e. The molecule has 1 aliphatic heterocycles. The molecule has 2 aromatic rings. The van der Waals surface area contributed by atoms with Crippen LogP contribution in [0.15, 0.2) is 53.2 Å². The van der Waals surface area contributed by atoms with Gasteiger partial charge in [-0.15, -0.1) is 0 Å². The van der Waals surface area contributed by atoms with E-state index in [1.165, 1.54) is 12.1 Å². The monoisotopic (exact) mass is 406 g/mol. The number of nitrogens with one attached hydrogen (secondary N) is 1. The summed E-state index contributed by atoms with van der Waals surface area (Å²) in [4.78, 5) is 26.2. The Labute approximate surface area is 166 Å². The summed E-state index contributed by atoms with van der Waals surface area (Å²) in [6.45, 7) is 2.12. The van der Waals surface area contributed by atoms with Gasteiger partial charge in [0.2, 0.25) is 0 Å². The van der Waals surface area contributed by atoms with Gasteiger partial charge in [0.15, 0.2) is 0 Å². The van der Waals surface area contributed by atoms with E-state index in [1.54, 1.807) is 12.1 Å². The fourth-order valence-corrected chi connectivity index (χ4v) is 3.15. The molecule has 3 rings (SSSR count). The highest BCUT2D eigenvalue weighted by Gasteiger charge is 2.38. The number of carbonyl (C=O) groups is 2. The number of hydrogen-bond donors (Lipinski definition) is 1. The number of carbonyl (C=O) groups excluding carboxylic acids is 2. The average molecular weight is 407 g/mol. The van der Waals surface area contributed by atoms with Crippen LogP contribution in [0.1, 0.15) is 25.3 Å². The molecule has 140 valence electrons. The SMILES string of the molecule is CCCCc1ccc(N2C(=O)C(Cl)=C(Nc3ccc(F)c(Cl)c3)C2=O)cc1. The van der Waals surface area contributed by atoms with E-state index < -0.39 is 17.6 Å². The molecule has 4 nitrogen and oxygen atoms in total. The van der Waals surface area contributed by atoms with Crippen LogP contribution in [0.25, 0.3) is 0 Å². The van der Waals surface area contributed by atoms with Crippen molar-refractivity contribution in [2.24, 2.45) is 0 Å². The maximum Gasteiger partial charge on any atom is 0.283 e. The summed E-state index contributed by atoms with van der Waals surface area (Å²) < 4.78 is 13.3. The number of unbranched alkanes of at least 4 members (excludes halogenated alkanes) is 1. The van der Waals surface area contributed by atoms with E-state index in [9.17, 15) is 14.0 Å². The first-order chi connectivity index (χ1) is 12.9. The fourth-order valence-electron chi connectivity index (χ4n) is 2.76. The summed E-state index contributed by atoms with van der Waals surface area (Å²) in [5.41, 5.74) is 1.86. The lowest BCUT2D eigenvalue weighted by atomic mass is 10.1. The van der Waals surface area contributed by atoms with E-state index >= 15 is 0 Å². The molecule has 0 fully saturated rings. The number of anilines is 2. The molecule has 0 radical (unpaired) electrons. The summed E-state index contributed by atoms with van der Waals surface area (Å²) in [7, 11) is 0. The molecule has 0 spiro atoms. The Morgan fingerprint density at radius 1 is 1.04 bits per heavy atom. The minimum absolute atomic E-state index is 0.0700. The number of nitrogens with zero attached hydrogens (tertiary/aromatic N) is 1. The Balaban J connectivity index is 1.81. The van der Waals surface area contributed by atoms with Gasteiger partial charge in [-0.25, -0.2) is 9.29 Å². The Hall–Kier alpha value is -2.37. The van der Waals surface area contributed by atoms with Crippen molar-refractivity contribution in [2.75, 3.05) is 10.2 Å². The van der Waals surface area contributed by atoms with Gasteiger partial charge >= 0.3 is 0 Å². The predicted octanol–water partition coefficient (Wildman–Crippen LogP) is 5.26. The summed E-state index contributed by atoms with van der Waals surface area (Å²) >= 11 is 11.8. The molecule has 1 aliphatic rings. The van der Waals surface area contributed by atoms with Crippen LogP contribution in [0.4, 0.5) is 15.8 Å². The van der Waals surface area contributed by atoms with Crippen molar-refractivity contribution in [3.8, 4) is 0 Å². The lowest BCUT2D eigenvalue weighted by Gasteiger charge is -2.15. The van der Waals surface area contributed by atoms with Gasteiger partial charge in [0, 0.05) is 5.69 Å². The number of rotatable bonds is 6. The van der Waals surface area contributed by atoms with Crippen molar-refractivity contribution >= 4 is 46.4 Å². The van der Waals surface area contributed by atoms with Crippen LogP contribution >= 0.6 is 23.2 Å². The zero-order valence-electron chi connectivity index (χ0n) is 14.6. The first kappa shape index (κ1) is 19.4. The van der Waals surface area contributed by atoms with Crippen LogP contribution in [-0.2, 0) is 16.0 Å². The number of hydrogen-bond acceptors (Lipinski definition) is 3. The van der Waals surface area contributed by atoms with Crippen molar-refractivity contribution in [1.82, 2.24) is 0 Å². The molecule has 1 heterocycles. The zero-order chi connectivity index (χ0) is 19.6. The quantitative estimate of drug-likeness (QED) is 0.665. The van der Waals surface area contributed by atoms with Gasteiger partial charge in [-0.1, -0.05) is 48.7 Å². The van der Waals surface area contributed by atoms with Crippen LogP contribution in [0.2, 0.25) is 5.02 Å². The van der Waals surface area contributed by atoms with E-state index in [0.717, 1.165) is 35.8 Å². The molecule has 0 unspecified atom stereocenters. The second-order valence-electron chi connectivity index (χ2n) is 6.16. The largest absolute Gasteiger partial charge is 0.350 e. The van der Waals surface area contributed by atoms with E-state index in [4.69, 9.17) is 23.2 Å². The average Bonchev–Trinajstić information content (AvgIpc) is 2.87. The number of halogens is 3. The van der Waals surface area contributed by atoms with Crippen molar-refractivity contribution in [3.05, 3.63) is 69.6 Å². The Morgan fingerprint density at radius 2 is 1.74 bits per heavy atom. The normalized spacial score (nSPS) is 14.3. The second kappa shape index (κ2) is 8.11. The third kappa shape index (κ3) is 3.99. The third-order valence-electron chi connectivity index (χ3n) is 4.23. The highest BCUT2D eigenvalue weighted by molar-refractivity contribution is 6.53. The molecule has 1 N–H and O–H groups in total. The van der Waals surface area contributed by atoms with Gasteiger partial charge in [-0.3, -0.25) is 9.59 Å². The molecule has 0 saturated heterocycles. The van der Waals surface area contributed by atoms with Gasteiger partial charge < -0.3 is 5.32 Å². The Morgan fingerprint density at radius 3 is 2.37 bits per heavy atom. The van der Waals surface area contributed by atoms with Crippen LogP contribution in [0.5, 0.6) is 0 Å². The molecule has 0 saturated carbocycles. The van der Waals surface area contributed by atoms with E-state index in [2.05, 4.69) is 12.2 Å². The van der Waals surface area contributed by atoms with Crippen molar-refractivity contribution < 1.29 is 14.0 Å². The standard InChI is InChI=1S/C20H17Cl2FN2O2/c1-2-3-4-12-5-8-14(9-6-12)25-19(26)17(22)18(20(25)27)24-13-7-10-16(23)15(21)11-13/h5-11,24H,2-4H2,1H3. The predicted molar refractivity (Wildman–Crippen MR) is 105 cm³/mol. The van der Waals surface area contributed by atoms with Crippen LogP contribution in [0, 0.1) is 5.82 Å². The number of benzene rings is 2. The number of amides is 2. The molecule has 2 aromatic carbocycles. The smallest absolute Gasteiger partial charge is 0.283 e. The molecule has 0 aromatic heterocycles. The van der Waals surface area contributed by atoms with Gasteiger partial charge in [0.05, 0.1) is 10.7 Å². The van der Waals surface area contributed by atoms with Gasteiger partial charge in [0.25, 0.3) is 11.8 Å². The lowest BCUT2D eigenvalue weighted by molar-refractivity contribution is -0.120. The molecular weight excluding hydrogens is 390 g/mol. The highest BCUT2D eigenvalue weighted by Crippen LogP contribution is 2.31. The molecule has 0 bridgehead atoms. The molecule has 7 heteroatoms. The van der Waals surface area contributed by atoms with Crippen LogP contribution in [0.3, 0.4) is 0 Å². The number of aryl methyl sites for hydroxylation is 1. The van der Waals surface area contributed by atoms with Crippen LogP contribution < -0.4 is 10.2 Å². The van der Waals surface area contributed by atoms with E-state index in [-0.39, 0.29) is 15.8 Å². The maximum atomic E-state index is 13.3. The first-order valence-electron chi connectivity index (χ1n) is 8.52. The van der Waals surface area contributed by atoms with E-state index in [0.29, 0.717) is 11.4 Å². The summed E-state index contributed by atoms with van der Waals surface area (Å²) in [6.07, 6.45) is 3.10. The molecule has 0 aliphatic carbocycles. The Bertz CT molecular complexity index is 926. The van der Waals surface area contributed by atoms with Gasteiger partial charge in [-0.05, 0) is 48.7 Å². The highest BCUT2D eigenvalue weighted by atomic mass is 35.5. The molecule has 2 amide bonds. The second-order valence-corrected chi connectivity index (χ2v) is 6.94. The topological polar surface area (TPSA) is 49.4 Å². The maximum absolute atomic E-state index is 13.3. The number of imide groups is 1. The third-order valence-corrected chi connectivity index (χ3v) is 4.87. The fraction of sp³-hybridized carbons (Fsp3) is 0.200. The molecular formula is C20H17Cl2FN2O2. The molecule has 27 heavy (non-hydrogen) atoms. The van der Waals surface area contributed by atoms with Gasteiger partial charge in [0.1, 0.15) is 16.5 Å². The summed E-state index contributed by atoms with van der Waals surface area (Å²) in [5, 5.41) is 2.43. The first-order valence-corrected chi connectivity index (χ1v) is 9.27. The van der Waals surface area contributed by atoms with Crippen LogP contribution in [-0.4, -0.2) is 11.8 Å². The van der Waals surface area contributed by atoms with Crippen molar-refractivity contribution in [2.45, 2.75) is 26.2 Å². The lowest BCUT2D eigenvalue weighted by Crippen LogP contribution is -2.32. The summed E-state index contributed by atoms with van der Waals surface area (Å²) in [5.74, 6) is -1.77. The van der Waals surface area contributed by atoms with E-state index in [1.807, 2.05) is 12.1 Å². The molecule has 0 atom stereocenters. The van der Waals surface area contributed by atoms with Crippen molar-refractivity contribution in [3.63, 3.8) is 0 Å². The Kier molecular flexibility index (Phi) is 5.82. The van der Waals surface area contributed by atoms with Crippen molar-refractivity contribution in [1.29, 1.82) is 0 Å². The summed E-state index contributed by atoms with van der Waals surface area (Å²) in [6, 6.07) is 11.1. The minimum atomic E-state index is -0.612. The zero-order valence-corrected chi connectivity index (χ0v) is 16.1. The van der Waals surface area contributed by atoms with Gasteiger partial charge in [-0.2, -0.15) is 0 Å².